The SMILES string of the molecule is CC(C)CC1C(C(=O)O)NC(=O)N1C. The molecule has 0 aliphatic carbocycles. The Morgan fingerprint density at radius 3 is 2.64 bits per heavy atom. The Morgan fingerprint density at radius 2 is 2.21 bits per heavy atom. The van der Waals surface area contributed by atoms with Crippen LogP contribution in [0.5, 0.6) is 0 Å². The predicted octanol–water partition coefficient (Wildman–Crippen LogP) is 0.509. The topological polar surface area (TPSA) is 69.6 Å². The Labute approximate surface area is 83.1 Å². The number of aliphatic carboxylic acids is 1. The minimum absolute atomic E-state index is 0.236. The van der Waals surface area contributed by atoms with Gasteiger partial charge in [-0.1, -0.05) is 13.8 Å². The van der Waals surface area contributed by atoms with Gasteiger partial charge in [-0.3, -0.25) is 0 Å². The van der Waals surface area contributed by atoms with Crippen molar-refractivity contribution in [1.82, 2.24) is 10.2 Å². The summed E-state index contributed by atoms with van der Waals surface area (Å²) in [5.74, 6) is -0.592. The second-order valence-electron chi connectivity index (χ2n) is 4.07. The van der Waals surface area contributed by atoms with Gasteiger partial charge in [0, 0.05) is 7.05 Å². The van der Waals surface area contributed by atoms with Gasteiger partial charge in [0.1, 0.15) is 6.04 Å². The normalized spacial score (nSPS) is 26.9. The quantitative estimate of drug-likeness (QED) is 0.697. The van der Waals surface area contributed by atoms with Crippen LogP contribution in [0.4, 0.5) is 4.79 Å². The monoisotopic (exact) mass is 200 g/mol. The van der Waals surface area contributed by atoms with E-state index in [0.29, 0.717) is 12.3 Å². The summed E-state index contributed by atoms with van der Waals surface area (Å²) in [6.07, 6.45) is 0.701. The van der Waals surface area contributed by atoms with Crippen LogP contribution in [0, 0.1) is 5.92 Å². The van der Waals surface area contributed by atoms with E-state index in [4.69, 9.17) is 5.11 Å². The minimum Gasteiger partial charge on any atom is -0.480 e. The average Bonchev–Trinajstić information content (AvgIpc) is 2.32. The lowest BCUT2D eigenvalue weighted by Gasteiger charge is -2.22. The van der Waals surface area contributed by atoms with Gasteiger partial charge in [0.25, 0.3) is 0 Å². The van der Waals surface area contributed by atoms with Gasteiger partial charge in [-0.05, 0) is 12.3 Å². The third-order valence-electron chi connectivity index (χ3n) is 2.46. The molecule has 1 heterocycles. The highest BCUT2D eigenvalue weighted by Gasteiger charge is 2.41. The number of amides is 2. The number of nitrogens with one attached hydrogen (secondary N) is 1. The van der Waals surface area contributed by atoms with Crippen molar-refractivity contribution in [2.45, 2.75) is 32.4 Å². The molecule has 0 radical (unpaired) electrons. The number of rotatable bonds is 3. The second kappa shape index (κ2) is 3.86. The van der Waals surface area contributed by atoms with E-state index in [-0.39, 0.29) is 12.1 Å². The molecule has 5 heteroatoms. The van der Waals surface area contributed by atoms with Crippen molar-refractivity contribution < 1.29 is 14.7 Å². The standard InChI is InChI=1S/C9H16N2O3/c1-5(2)4-6-7(8(12)13)10-9(14)11(6)3/h5-7H,4H2,1-3H3,(H,10,14)(H,12,13). The number of likely N-dealkylation sites (N-methyl/N-ethyl adjacent to an activating group) is 1. The third-order valence-corrected chi connectivity index (χ3v) is 2.46. The number of carbonyl (C=O) groups is 2. The molecule has 0 aromatic heterocycles. The van der Waals surface area contributed by atoms with Crippen molar-refractivity contribution in [2.24, 2.45) is 5.92 Å². The van der Waals surface area contributed by atoms with E-state index < -0.39 is 12.0 Å². The average molecular weight is 200 g/mol. The van der Waals surface area contributed by atoms with Gasteiger partial charge in [-0.25, -0.2) is 9.59 Å². The molecule has 1 rings (SSSR count). The summed E-state index contributed by atoms with van der Waals surface area (Å²) in [5.41, 5.74) is 0. The molecule has 0 saturated carbocycles. The number of hydrogen-bond donors (Lipinski definition) is 2. The van der Waals surface area contributed by atoms with Crippen LogP contribution in [0.2, 0.25) is 0 Å². The van der Waals surface area contributed by atoms with E-state index in [1.54, 1.807) is 7.05 Å². The van der Waals surface area contributed by atoms with Crippen molar-refractivity contribution >= 4 is 12.0 Å². The van der Waals surface area contributed by atoms with Crippen molar-refractivity contribution in [2.75, 3.05) is 7.05 Å². The highest BCUT2D eigenvalue weighted by atomic mass is 16.4. The molecule has 2 unspecified atom stereocenters. The molecule has 5 nitrogen and oxygen atoms in total. The van der Waals surface area contributed by atoms with Crippen LogP contribution in [-0.2, 0) is 4.79 Å². The zero-order valence-electron chi connectivity index (χ0n) is 8.65. The number of carbonyl (C=O) groups excluding carboxylic acids is 1. The van der Waals surface area contributed by atoms with Gasteiger partial charge in [-0.2, -0.15) is 0 Å². The molecule has 2 N–H and O–H groups in total. The maximum atomic E-state index is 11.2. The van der Waals surface area contributed by atoms with E-state index in [1.165, 1.54) is 4.90 Å². The third kappa shape index (κ3) is 1.97. The van der Waals surface area contributed by atoms with Crippen molar-refractivity contribution in [3.05, 3.63) is 0 Å². The number of carboxylic acids is 1. The maximum Gasteiger partial charge on any atom is 0.328 e. The van der Waals surface area contributed by atoms with Gasteiger partial charge in [0.2, 0.25) is 0 Å². The van der Waals surface area contributed by atoms with Gasteiger partial charge >= 0.3 is 12.0 Å². The fraction of sp³-hybridized carbons (Fsp3) is 0.778. The van der Waals surface area contributed by atoms with Crippen LogP contribution < -0.4 is 5.32 Å². The first-order valence-electron chi connectivity index (χ1n) is 4.69. The van der Waals surface area contributed by atoms with E-state index in [9.17, 15) is 9.59 Å². The molecule has 0 aromatic carbocycles. The van der Waals surface area contributed by atoms with Crippen LogP contribution in [0.25, 0.3) is 0 Å². The van der Waals surface area contributed by atoms with Crippen LogP contribution in [-0.4, -0.2) is 41.1 Å². The first-order chi connectivity index (χ1) is 6.43. The van der Waals surface area contributed by atoms with E-state index >= 15 is 0 Å². The van der Waals surface area contributed by atoms with Crippen LogP contribution >= 0.6 is 0 Å². The van der Waals surface area contributed by atoms with Crippen molar-refractivity contribution in [3.8, 4) is 0 Å². The predicted molar refractivity (Wildman–Crippen MR) is 51.0 cm³/mol. The molecular weight excluding hydrogens is 184 g/mol. The smallest absolute Gasteiger partial charge is 0.328 e. The molecule has 14 heavy (non-hydrogen) atoms. The summed E-state index contributed by atoms with van der Waals surface area (Å²) in [6, 6.07) is -1.31. The first kappa shape index (κ1) is 10.8. The lowest BCUT2D eigenvalue weighted by atomic mass is 9.98. The van der Waals surface area contributed by atoms with Gasteiger partial charge in [-0.15, -0.1) is 0 Å². The number of hydrogen-bond acceptors (Lipinski definition) is 2. The van der Waals surface area contributed by atoms with Crippen LogP contribution in [0.3, 0.4) is 0 Å². The molecule has 0 bridgehead atoms. The minimum atomic E-state index is -0.964. The number of carboxylic acid groups (broad SMARTS) is 1. The molecule has 1 fully saturated rings. The molecule has 1 aliphatic rings. The Hall–Kier alpha value is -1.26. The number of urea groups is 1. The zero-order chi connectivity index (χ0) is 10.9. The van der Waals surface area contributed by atoms with E-state index in [0.717, 1.165) is 0 Å². The van der Waals surface area contributed by atoms with Gasteiger partial charge < -0.3 is 15.3 Å². The lowest BCUT2D eigenvalue weighted by Crippen LogP contribution is -2.41. The van der Waals surface area contributed by atoms with Crippen molar-refractivity contribution in [3.63, 3.8) is 0 Å². The molecular formula is C9H16N2O3. The molecule has 2 atom stereocenters. The summed E-state index contributed by atoms with van der Waals surface area (Å²) in [6.45, 7) is 4.02. The summed E-state index contributed by atoms with van der Waals surface area (Å²) in [5, 5.41) is 11.3. The van der Waals surface area contributed by atoms with Crippen LogP contribution in [0.1, 0.15) is 20.3 Å². The second-order valence-corrected chi connectivity index (χ2v) is 4.07. The van der Waals surface area contributed by atoms with Crippen molar-refractivity contribution in [1.29, 1.82) is 0 Å². The molecule has 1 aliphatic heterocycles. The summed E-state index contributed by atoms with van der Waals surface area (Å²) in [7, 11) is 1.63. The zero-order valence-corrected chi connectivity index (χ0v) is 8.65. The number of nitrogens with zero attached hydrogens (tertiary/aromatic N) is 1. The first-order valence-corrected chi connectivity index (χ1v) is 4.69. The Balaban J connectivity index is 2.76. The largest absolute Gasteiger partial charge is 0.480 e. The Kier molecular flexibility index (Phi) is 2.98. The lowest BCUT2D eigenvalue weighted by molar-refractivity contribution is -0.139. The molecule has 2 amide bonds. The fourth-order valence-electron chi connectivity index (χ4n) is 1.71. The highest BCUT2D eigenvalue weighted by molar-refractivity contribution is 5.87. The van der Waals surface area contributed by atoms with Gasteiger partial charge in [0.15, 0.2) is 0 Å². The van der Waals surface area contributed by atoms with E-state index in [2.05, 4.69) is 5.32 Å². The summed E-state index contributed by atoms with van der Waals surface area (Å²) in [4.78, 5) is 23.5. The molecule has 0 spiro atoms. The van der Waals surface area contributed by atoms with Gasteiger partial charge in [0.05, 0.1) is 6.04 Å². The molecule has 80 valence electrons. The highest BCUT2D eigenvalue weighted by Crippen LogP contribution is 2.19. The summed E-state index contributed by atoms with van der Waals surface area (Å²) < 4.78 is 0. The fourth-order valence-corrected chi connectivity index (χ4v) is 1.71. The molecule has 1 saturated heterocycles. The Morgan fingerprint density at radius 1 is 1.64 bits per heavy atom. The summed E-state index contributed by atoms with van der Waals surface area (Å²) >= 11 is 0. The van der Waals surface area contributed by atoms with E-state index in [1.807, 2.05) is 13.8 Å². The molecule has 0 aromatic rings. The van der Waals surface area contributed by atoms with Crippen LogP contribution in [0.15, 0.2) is 0 Å². The maximum absolute atomic E-state index is 11.2. The Bertz CT molecular complexity index is 252.